The molecule has 1 unspecified atom stereocenters. The zero-order chi connectivity index (χ0) is 12.7. The van der Waals surface area contributed by atoms with E-state index in [4.69, 9.17) is 12.8 Å². The number of terminal acetylenes is 2. The Labute approximate surface area is 111 Å². The molecule has 2 nitrogen and oxygen atoms in total. The molecule has 0 saturated carbocycles. The average molecular weight is 292 g/mol. The van der Waals surface area contributed by atoms with Crippen molar-refractivity contribution < 1.29 is 5.11 Å². The third-order valence-corrected chi connectivity index (χ3v) is 2.79. The predicted octanol–water partition coefficient (Wildman–Crippen LogP) is 2.05. The molecule has 0 amide bonds. The van der Waals surface area contributed by atoms with E-state index in [0.29, 0.717) is 19.6 Å². The normalized spacial score (nSPS) is 11.8. The Balaban J connectivity index is 2.67. The Bertz CT molecular complexity index is 428. The van der Waals surface area contributed by atoms with E-state index in [-0.39, 0.29) is 0 Å². The van der Waals surface area contributed by atoms with E-state index in [1.165, 1.54) is 0 Å². The van der Waals surface area contributed by atoms with Crippen LogP contribution in [-0.4, -0.2) is 29.6 Å². The average Bonchev–Trinajstić information content (AvgIpc) is 2.29. The molecule has 0 bridgehead atoms. The van der Waals surface area contributed by atoms with Gasteiger partial charge in [-0.2, -0.15) is 0 Å². The van der Waals surface area contributed by atoms with Gasteiger partial charge in [-0.15, -0.1) is 12.8 Å². The molecule has 0 heterocycles. The van der Waals surface area contributed by atoms with Gasteiger partial charge in [0, 0.05) is 11.0 Å². The quantitative estimate of drug-likeness (QED) is 0.840. The highest BCUT2D eigenvalue weighted by Crippen LogP contribution is 2.18. The molecule has 88 valence electrons. The molecule has 0 saturated heterocycles. The molecular weight excluding hydrogens is 278 g/mol. The highest BCUT2D eigenvalue weighted by Gasteiger charge is 2.12. The van der Waals surface area contributed by atoms with Gasteiger partial charge in [0.2, 0.25) is 0 Å². The highest BCUT2D eigenvalue weighted by molar-refractivity contribution is 9.10. The largest absolute Gasteiger partial charge is 0.387 e. The van der Waals surface area contributed by atoms with Crippen LogP contribution in [-0.2, 0) is 0 Å². The van der Waals surface area contributed by atoms with E-state index in [2.05, 4.69) is 27.8 Å². The van der Waals surface area contributed by atoms with Gasteiger partial charge in [-0.25, -0.2) is 0 Å². The molecule has 0 spiro atoms. The van der Waals surface area contributed by atoms with Crippen LogP contribution < -0.4 is 0 Å². The second kappa shape index (κ2) is 7.14. The van der Waals surface area contributed by atoms with Crippen LogP contribution >= 0.6 is 15.9 Å². The van der Waals surface area contributed by atoms with Crippen molar-refractivity contribution in [1.29, 1.82) is 0 Å². The van der Waals surface area contributed by atoms with Crippen molar-refractivity contribution in [2.24, 2.45) is 0 Å². The van der Waals surface area contributed by atoms with Gasteiger partial charge in [0.1, 0.15) is 0 Å². The van der Waals surface area contributed by atoms with E-state index in [0.717, 1.165) is 10.0 Å². The van der Waals surface area contributed by atoms with E-state index >= 15 is 0 Å². The number of benzene rings is 1. The van der Waals surface area contributed by atoms with E-state index in [1.54, 1.807) is 0 Å². The van der Waals surface area contributed by atoms with Crippen molar-refractivity contribution in [2.75, 3.05) is 19.6 Å². The van der Waals surface area contributed by atoms with E-state index < -0.39 is 6.10 Å². The van der Waals surface area contributed by atoms with Crippen molar-refractivity contribution in [3.05, 3.63) is 34.3 Å². The first-order valence-electron chi connectivity index (χ1n) is 5.20. The third kappa shape index (κ3) is 4.63. The summed E-state index contributed by atoms with van der Waals surface area (Å²) in [5.74, 6) is 5.06. The van der Waals surface area contributed by atoms with Gasteiger partial charge in [-0.1, -0.05) is 39.9 Å². The summed E-state index contributed by atoms with van der Waals surface area (Å²) in [6, 6.07) is 7.56. The first-order chi connectivity index (χ1) is 8.17. The molecule has 0 aliphatic carbocycles. The molecule has 1 aromatic carbocycles. The van der Waals surface area contributed by atoms with Gasteiger partial charge < -0.3 is 5.11 Å². The molecule has 3 heteroatoms. The fourth-order valence-electron chi connectivity index (χ4n) is 1.51. The minimum atomic E-state index is -0.589. The molecule has 0 aliphatic rings. The fourth-order valence-corrected chi connectivity index (χ4v) is 1.92. The van der Waals surface area contributed by atoms with Crippen molar-refractivity contribution in [2.45, 2.75) is 6.10 Å². The van der Waals surface area contributed by atoms with Crippen LogP contribution in [0.4, 0.5) is 0 Å². The lowest BCUT2D eigenvalue weighted by Gasteiger charge is -2.21. The highest BCUT2D eigenvalue weighted by atomic mass is 79.9. The summed E-state index contributed by atoms with van der Waals surface area (Å²) in [5, 5.41) is 10.1. The van der Waals surface area contributed by atoms with Crippen LogP contribution in [0.5, 0.6) is 0 Å². The topological polar surface area (TPSA) is 23.5 Å². The zero-order valence-electron chi connectivity index (χ0n) is 9.44. The van der Waals surface area contributed by atoms with Crippen LogP contribution in [0.3, 0.4) is 0 Å². The van der Waals surface area contributed by atoms with Crippen LogP contribution in [0.25, 0.3) is 0 Å². The lowest BCUT2D eigenvalue weighted by Crippen LogP contribution is -2.29. The van der Waals surface area contributed by atoms with Gasteiger partial charge in [0.15, 0.2) is 0 Å². The van der Waals surface area contributed by atoms with Crippen LogP contribution in [0.1, 0.15) is 11.7 Å². The first-order valence-corrected chi connectivity index (χ1v) is 5.99. The standard InChI is InChI=1S/C14H14BrNO/c1-3-8-16(9-4-2)11-14(17)12-6-5-7-13(15)10-12/h1-2,5-7,10,14,17H,8-9,11H2. The van der Waals surface area contributed by atoms with Crippen LogP contribution in [0.15, 0.2) is 28.7 Å². The van der Waals surface area contributed by atoms with Gasteiger partial charge in [-0.05, 0) is 17.7 Å². The molecule has 1 N–H and O–H groups in total. The number of aliphatic hydroxyl groups excluding tert-OH is 1. The monoisotopic (exact) mass is 291 g/mol. The minimum Gasteiger partial charge on any atom is -0.387 e. The summed E-state index contributed by atoms with van der Waals surface area (Å²) >= 11 is 3.37. The molecule has 0 aromatic heterocycles. The summed E-state index contributed by atoms with van der Waals surface area (Å²) < 4.78 is 0.939. The van der Waals surface area contributed by atoms with Gasteiger partial charge in [0.25, 0.3) is 0 Å². The fraction of sp³-hybridized carbons (Fsp3) is 0.286. The van der Waals surface area contributed by atoms with Crippen molar-refractivity contribution in [3.8, 4) is 24.7 Å². The van der Waals surface area contributed by atoms with Crippen LogP contribution in [0, 0.1) is 24.7 Å². The van der Waals surface area contributed by atoms with Crippen molar-refractivity contribution >= 4 is 15.9 Å². The molecule has 17 heavy (non-hydrogen) atoms. The molecule has 0 aliphatic heterocycles. The second-order valence-electron chi connectivity index (χ2n) is 3.65. The molecular formula is C14H14BrNO. The number of hydrogen-bond acceptors (Lipinski definition) is 2. The first kappa shape index (κ1) is 13.8. The number of hydrogen-bond donors (Lipinski definition) is 1. The number of halogens is 1. The minimum absolute atomic E-state index is 0.435. The number of aliphatic hydroxyl groups is 1. The molecule has 1 rings (SSSR count). The summed E-state index contributed by atoms with van der Waals surface area (Å²) in [6.45, 7) is 1.31. The lowest BCUT2D eigenvalue weighted by molar-refractivity contribution is 0.127. The maximum atomic E-state index is 10.1. The Morgan fingerprint density at radius 1 is 1.29 bits per heavy atom. The smallest absolute Gasteiger partial charge is 0.0918 e. The zero-order valence-corrected chi connectivity index (χ0v) is 11.0. The maximum absolute atomic E-state index is 10.1. The summed E-state index contributed by atoms with van der Waals surface area (Å²) in [7, 11) is 0. The Hall–Kier alpha value is -1.26. The molecule has 1 aromatic rings. The van der Waals surface area contributed by atoms with Gasteiger partial charge in [-0.3, -0.25) is 4.90 Å². The SMILES string of the molecule is C#CCN(CC#C)CC(O)c1cccc(Br)c1. The molecule has 1 atom stereocenters. The summed E-state index contributed by atoms with van der Waals surface area (Å²) in [6.07, 6.45) is 9.91. The number of rotatable bonds is 5. The summed E-state index contributed by atoms with van der Waals surface area (Å²) in [5.41, 5.74) is 0.846. The Kier molecular flexibility index (Phi) is 5.80. The third-order valence-electron chi connectivity index (χ3n) is 2.29. The Morgan fingerprint density at radius 2 is 1.94 bits per heavy atom. The van der Waals surface area contributed by atoms with Gasteiger partial charge >= 0.3 is 0 Å². The maximum Gasteiger partial charge on any atom is 0.0918 e. The molecule has 0 fully saturated rings. The Morgan fingerprint density at radius 3 is 2.47 bits per heavy atom. The van der Waals surface area contributed by atoms with E-state index in [1.807, 2.05) is 29.2 Å². The number of nitrogens with zero attached hydrogens (tertiary/aromatic N) is 1. The summed E-state index contributed by atoms with van der Waals surface area (Å²) in [4.78, 5) is 1.85. The predicted molar refractivity (Wildman–Crippen MR) is 73.2 cm³/mol. The van der Waals surface area contributed by atoms with Crippen molar-refractivity contribution in [1.82, 2.24) is 4.90 Å². The van der Waals surface area contributed by atoms with E-state index in [9.17, 15) is 5.11 Å². The molecule has 0 radical (unpaired) electrons. The van der Waals surface area contributed by atoms with Gasteiger partial charge in [0.05, 0.1) is 19.2 Å². The van der Waals surface area contributed by atoms with Crippen molar-refractivity contribution in [3.63, 3.8) is 0 Å². The second-order valence-corrected chi connectivity index (χ2v) is 4.56. The lowest BCUT2D eigenvalue weighted by atomic mass is 10.1. The van der Waals surface area contributed by atoms with Crippen LogP contribution in [0.2, 0.25) is 0 Å².